The molecule has 0 aromatic heterocycles. The minimum atomic E-state index is -0.149. The molecule has 0 saturated heterocycles. The van der Waals surface area contributed by atoms with Crippen LogP contribution in [0.25, 0.3) is 27.1 Å². The third-order valence-corrected chi connectivity index (χ3v) is 12.5. The molecule has 55 heavy (non-hydrogen) atoms. The Morgan fingerprint density at radius 3 is 1.82 bits per heavy atom. The number of allylic oxidation sites excluding steroid dienone is 9. The third kappa shape index (κ3) is 5.61. The molecule has 1 aliphatic heterocycles. The number of nitrogens with zero attached hydrogens (tertiary/aromatic N) is 2. The highest BCUT2D eigenvalue weighted by Gasteiger charge is 2.41. The number of hydrogen-bond acceptors (Lipinski definition) is 2. The molecule has 0 radical (unpaired) electrons. The molecule has 0 spiro atoms. The van der Waals surface area contributed by atoms with Crippen molar-refractivity contribution in [3.63, 3.8) is 0 Å². The van der Waals surface area contributed by atoms with Crippen molar-refractivity contribution in [1.82, 2.24) is 0 Å². The van der Waals surface area contributed by atoms with Crippen molar-refractivity contribution in [2.45, 2.75) is 65.2 Å². The molecule has 6 aromatic rings. The van der Waals surface area contributed by atoms with Crippen molar-refractivity contribution in [2.24, 2.45) is 0 Å². The number of benzene rings is 6. The number of para-hydroxylation sites is 2. The van der Waals surface area contributed by atoms with Gasteiger partial charge in [0.15, 0.2) is 0 Å². The molecule has 0 amide bonds. The van der Waals surface area contributed by atoms with E-state index < -0.39 is 0 Å². The van der Waals surface area contributed by atoms with Crippen molar-refractivity contribution in [2.75, 3.05) is 16.3 Å². The van der Waals surface area contributed by atoms with Gasteiger partial charge < -0.3 is 9.80 Å². The lowest BCUT2D eigenvalue weighted by molar-refractivity contribution is 0.638. The van der Waals surface area contributed by atoms with Crippen LogP contribution in [-0.4, -0.2) is 6.54 Å². The van der Waals surface area contributed by atoms with E-state index in [0.29, 0.717) is 0 Å². The highest BCUT2D eigenvalue weighted by atomic mass is 15.2. The van der Waals surface area contributed by atoms with Gasteiger partial charge in [-0.2, -0.15) is 0 Å². The maximum absolute atomic E-state index is 2.53. The van der Waals surface area contributed by atoms with Gasteiger partial charge in [-0.3, -0.25) is 0 Å². The molecule has 2 aliphatic carbocycles. The van der Waals surface area contributed by atoms with E-state index in [1.807, 2.05) is 0 Å². The Bertz CT molecular complexity index is 2590. The molecule has 0 atom stereocenters. The number of anilines is 3. The first kappa shape index (κ1) is 34.9. The summed E-state index contributed by atoms with van der Waals surface area (Å²) in [7, 11) is 0. The van der Waals surface area contributed by atoms with Gasteiger partial charge in [0.05, 0.1) is 5.70 Å². The number of rotatable bonds is 7. The van der Waals surface area contributed by atoms with Crippen molar-refractivity contribution in [3.05, 3.63) is 203 Å². The highest BCUT2D eigenvalue weighted by molar-refractivity contribution is 5.97. The molecule has 0 N–H and O–H groups in total. The first-order chi connectivity index (χ1) is 26.7. The smallest absolute Gasteiger partial charge is 0.0525 e. The van der Waals surface area contributed by atoms with Crippen LogP contribution < -0.4 is 9.80 Å². The van der Waals surface area contributed by atoms with Crippen LogP contribution in [0.4, 0.5) is 17.1 Å². The molecule has 2 nitrogen and oxygen atoms in total. The number of fused-ring (bicyclic) bond motifs is 6. The fourth-order valence-electron chi connectivity index (χ4n) is 9.96. The second-order valence-corrected chi connectivity index (χ2v) is 16.4. The maximum Gasteiger partial charge on any atom is 0.0525 e. The zero-order chi connectivity index (χ0) is 37.9. The average Bonchev–Trinajstić information content (AvgIpc) is 3.77. The molecule has 0 saturated carbocycles. The lowest BCUT2D eigenvalue weighted by Crippen LogP contribution is -2.26. The lowest BCUT2D eigenvalue weighted by atomic mass is 9.78. The summed E-state index contributed by atoms with van der Waals surface area (Å²) in [6, 6.07) is 48.7. The van der Waals surface area contributed by atoms with Gasteiger partial charge in [0, 0.05) is 40.1 Å². The predicted octanol–water partition coefficient (Wildman–Crippen LogP) is 14.1. The van der Waals surface area contributed by atoms with Gasteiger partial charge in [0.1, 0.15) is 0 Å². The van der Waals surface area contributed by atoms with E-state index in [-0.39, 0.29) is 10.8 Å². The summed E-state index contributed by atoms with van der Waals surface area (Å²) in [5, 5.41) is 5.32. The minimum Gasteiger partial charge on any atom is -0.344 e. The zero-order valence-corrected chi connectivity index (χ0v) is 33.0. The van der Waals surface area contributed by atoms with Crippen molar-refractivity contribution in [1.29, 1.82) is 0 Å². The van der Waals surface area contributed by atoms with E-state index in [0.717, 1.165) is 19.4 Å². The molecular weight excluding hydrogens is 665 g/mol. The van der Waals surface area contributed by atoms with Crippen LogP contribution in [-0.2, 0) is 10.8 Å². The number of hydrogen-bond donors (Lipinski definition) is 0. The predicted molar refractivity (Wildman–Crippen MR) is 236 cm³/mol. The normalized spacial score (nSPS) is 18.8. The molecule has 0 bridgehead atoms. The summed E-state index contributed by atoms with van der Waals surface area (Å²) >= 11 is 0. The summed E-state index contributed by atoms with van der Waals surface area (Å²) in [5.74, 6) is 0. The monoisotopic (exact) mass is 714 g/mol. The summed E-state index contributed by atoms with van der Waals surface area (Å²) in [4.78, 5) is 5.02. The summed E-state index contributed by atoms with van der Waals surface area (Å²) < 4.78 is 0. The van der Waals surface area contributed by atoms with Crippen LogP contribution in [0.5, 0.6) is 0 Å². The van der Waals surface area contributed by atoms with Crippen molar-refractivity contribution >= 4 is 44.2 Å². The second kappa shape index (κ2) is 13.5. The highest BCUT2D eigenvalue weighted by Crippen LogP contribution is 2.52. The van der Waals surface area contributed by atoms with Crippen LogP contribution in [0, 0.1) is 0 Å². The van der Waals surface area contributed by atoms with Gasteiger partial charge >= 0.3 is 0 Å². The van der Waals surface area contributed by atoms with Crippen LogP contribution in [0.2, 0.25) is 0 Å². The van der Waals surface area contributed by atoms with E-state index in [1.54, 1.807) is 0 Å². The van der Waals surface area contributed by atoms with Crippen LogP contribution in [0.1, 0.15) is 71.1 Å². The molecular formula is C53H50N2. The standard InChI is InChI=1S/C53H50N2/c1-7-54-47-34-30-38-19-15-17-25-45(38)50(47)53(5,6)48(54)35-31-40-27-26-39(51(40)55(41-20-10-8-11-21-41)42-22-12-9-13-23-42)29-33-46-36(2)43-32-28-37-18-14-16-24-44(37)49(43)52(46,3)4/h8-25,28-35H,7,26-27H2,1-6H3. The van der Waals surface area contributed by atoms with Gasteiger partial charge in [-0.15, -0.1) is 0 Å². The van der Waals surface area contributed by atoms with Crippen LogP contribution in [0.3, 0.4) is 0 Å². The Kier molecular flexibility index (Phi) is 8.54. The van der Waals surface area contributed by atoms with Gasteiger partial charge in [-0.25, -0.2) is 0 Å². The molecule has 2 heteroatoms. The summed E-state index contributed by atoms with van der Waals surface area (Å²) in [6.45, 7) is 15.1. The Balaban J connectivity index is 1.20. The quantitative estimate of drug-likeness (QED) is 0.162. The first-order valence-electron chi connectivity index (χ1n) is 20.0. The van der Waals surface area contributed by atoms with Crippen LogP contribution >= 0.6 is 0 Å². The molecule has 1 heterocycles. The van der Waals surface area contributed by atoms with Crippen molar-refractivity contribution < 1.29 is 0 Å². The van der Waals surface area contributed by atoms with E-state index in [1.165, 1.54) is 89.0 Å². The Hall–Kier alpha value is -5.86. The molecule has 9 rings (SSSR count). The van der Waals surface area contributed by atoms with Gasteiger partial charge in [0.25, 0.3) is 0 Å². The maximum atomic E-state index is 2.53. The zero-order valence-electron chi connectivity index (χ0n) is 33.0. The lowest BCUT2D eigenvalue weighted by Gasteiger charge is -2.29. The van der Waals surface area contributed by atoms with Crippen molar-refractivity contribution in [3.8, 4) is 0 Å². The summed E-state index contributed by atoms with van der Waals surface area (Å²) in [5.41, 5.74) is 15.8. The SMILES string of the molecule is CCN1C(=CC=C2CCC(C=CC3=C(C)c4ccc5ccccc5c4C3(C)C)=C2N(c2ccccc2)c2ccccc2)C(C)(C)c2c1ccc1ccccc21. The average molecular weight is 715 g/mol. The largest absolute Gasteiger partial charge is 0.344 e. The minimum absolute atomic E-state index is 0.116. The van der Waals surface area contributed by atoms with E-state index in [4.69, 9.17) is 0 Å². The fraction of sp³-hybridized carbons (Fsp3) is 0.208. The topological polar surface area (TPSA) is 6.48 Å². The fourth-order valence-corrected chi connectivity index (χ4v) is 9.96. The second-order valence-electron chi connectivity index (χ2n) is 16.4. The Morgan fingerprint density at radius 2 is 1.18 bits per heavy atom. The van der Waals surface area contributed by atoms with E-state index in [9.17, 15) is 0 Å². The van der Waals surface area contributed by atoms with Gasteiger partial charge in [-0.1, -0.05) is 149 Å². The molecule has 272 valence electrons. The first-order valence-corrected chi connectivity index (χ1v) is 20.0. The third-order valence-electron chi connectivity index (χ3n) is 12.5. The number of likely N-dealkylation sites (N-methyl/N-ethyl adjacent to an activating group) is 1. The summed E-state index contributed by atoms with van der Waals surface area (Å²) in [6.07, 6.45) is 11.7. The van der Waals surface area contributed by atoms with Gasteiger partial charge in [-0.05, 0) is 124 Å². The molecule has 0 fully saturated rings. The van der Waals surface area contributed by atoms with Gasteiger partial charge in [0.2, 0.25) is 0 Å². The Morgan fingerprint density at radius 1 is 0.600 bits per heavy atom. The van der Waals surface area contributed by atoms with Crippen LogP contribution in [0.15, 0.2) is 186 Å². The van der Waals surface area contributed by atoms with E-state index >= 15 is 0 Å². The molecule has 0 unspecified atom stereocenters. The molecule has 6 aromatic carbocycles. The Labute approximate surface area is 327 Å². The van der Waals surface area contributed by atoms with E-state index in [2.05, 4.69) is 209 Å². The molecule has 3 aliphatic rings.